The number of hydrogen-bond acceptors (Lipinski definition) is 6. The van der Waals surface area contributed by atoms with Gasteiger partial charge in [0.2, 0.25) is 0 Å². The van der Waals surface area contributed by atoms with Crippen LogP contribution in [0.15, 0.2) is 0 Å². The lowest BCUT2D eigenvalue weighted by molar-refractivity contribution is -0.384. The summed E-state index contributed by atoms with van der Waals surface area (Å²) in [5.41, 5.74) is 0. The van der Waals surface area contributed by atoms with Crippen LogP contribution in [0.2, 0.25) is 0 Å². The Labute approximate surface area is 414 Å². The van der Waals surface area contributed by atoms with Crippen LogP contribution in [0.5, 0.6) is 0 Å². The van der Waals surface area contributed by atoms with Crippen LogP contribution < -0.4 is 0 Å². The second kappa shape index (κ2) is 54.1. The Balaban J connectivity index is 2.33. The van der Waals surface area contributed by atoms with Gasteiger partial charge in [0.05, 0.1) is 12.7 Å². The van der Waals surface area contributed by atoms with Gasteiger partial charge in [0.1, 0.15) is 12.2 Å². The number of ether oxygens (including phenoxy) is 4. The van der Waals surface area contributed by atoms with Crippen LogP contribution in [-0.4, -0.2) is 56.3 Å². The van der Waals surface area contributed by atoms with E-state index in [2.05, 4.69) is 20.8 Å². The molecule has 0 saturated carbocycles. The average Bonchev–Trinajstić information content (AvgIpc) is 3.33. The lowest BCUT2D eigenvalue weighted by atomic mass is 10.0. The second-order valence-electron chi connectivity index (χ2n) is 21.2. The average molecular weight is 938 g/mol. The van der Waals surface area contributed by atoms with E-state index in [-0.39, 0.29) is 18.3 Å². The highest BCUT2D eigenvalue weighted by Crippen LogP contribution is 2.28. The van der Waals surface area contributed by atoms with Gasteiger partial charge in [0.25, 0.3) is 0 Å². The van der Waals surface area contributed by atoms with Gasteiger partial charge < -0.3 is 18.9 Å². The molecule has 0 bridgehead atoms. The van der Waals surface area contributed by atoms with Gasteiger partial charge in [0, 0.05) is 26.2 Å². The Hall–Kier alpha value is -0.240. The van der Waals surface area contributed by atoms with E-state index >= 15 is 0 Å². The zero-order valence-electron chi connectivity index (χ0n) is 45.3. The van der Waals surface area contributed by atoms with Gasteiger partial charge in [0.15, 0.2) is 6.29 Å². The maximum atomic E-state index is 9.73. The van der Waals surface area contributed by atoms with E-state index in [9.17, 15) is 5.26 Å². The van der Waals surface area contributed by atoms with Crippen molar-refractivity contribution in [2.24, 2.45) is 0 Å². The van der Waals surface area contributed by atoms with E-state index in [4.69, 9.17) is 23.8 Å². The smallest absolute Gasteiger partial charge is 0.194 e. The normalized spacial score (nSPS) is 17.6. The predicted octanol–water partition coefficient (Wildman–Crippen LogP) is 20.2. The first-order valence-corrected chi connectivity index (χ1v) is 30.5. The molecular weight excluding hydrogens is 817 g/mol. The first kappa shape index (κ1) is 63.8. The summed E-state index contributed by atoms with van der Waals surface area (Å²) in [7, 11) is 0. The van der Waals surface area contributed by atoms with Crippen molar-refractivity contribution < 1.29 is 29.1 Å². The molecule has 0 aromatic rings. The quantitative estimate of drug-likeness (QED) is 0.0372. The minimum atomic E-state index is -0.708. The van der Waals surface area contributed by atoms with E-state index in [1.165, 1.54) is 289 Å². The summed E-state index contributed by atoms with van der Waals surface area (Å²) >= 11 is 0. The minimum Gasteiger partial charge on any atom is -0.379 e. The third-order valence-corrected chi connectivity index (χ3v) is 14.7. The Kier molecular flexibility index (Phi) is 52.3. The third-order valence-electron chi connectivity index (χ3n) is 14.7. The maximum Gasteiger partial charge on any atom is 0.194 e. The van der Waals surface area contributed by atoms with Crippen molar-refractivity contribution in [3.8, 4) is 0 Å². The van der Waals surface area contributed by atoms with Gasteiger partial charge in [-0.15, -0.1) is 0 Å². The van der Waals surface area contributed by atoms with Gasteiger partial charge in [-0.05, 0) is 19.3 Å². The summed E-state index contributed by atoms with van der Waals surface area (Å²) in [5, 5.41) is 9.73. The van der Waals surface area contributed by atoms with Crippen molar-refractivity contribution in [3.05, 3.63) is 0 Å². The minimum absolute atomic E-state index is 0.169. The molecule has 0 spiro atoms. The summed E-state index contributed by atoms with van der Waals surface area (Å²) < 4.78 is 25.6. The molecule has 4 atom stereocenters. The van der Waals surface area contributed by atoms with Crippen LogP contribution in [0.25, 0.3) is 0 Å². The topological polar surface area (TPSA) is 66.4 Å². The highest BCUT2D eigenvalue weighted by molar-refractivity contribution is 4.86. The van der Waals surface area contributed by atoms with Crippen molar-refractivity contribution in [3.63, 3.8) is 0 Å². The Morgan fingerprint density at radius 1 is 0.333 bits per heavy atom. The molecule has 1 saturated heterocycles. The zero-order chi connectivity index (χ0) is 47.3. The molecule has 1 aliphatic heterocycles. The fraction of sp³-hybridized carbons (Fsp3) is 1.00. The predicted molar refractivity (Wildman–Crippen MR) is 286 cm³/mol. The van der Waals surface area contributed by atoms with E-state index in [0.29, 0.717) is 26.2 Å². The maximum absolute atomic E-state index is 9.73. The van der Waals surface area contributed by atoms with Gasteiger partial charge in [-0.3, -0.25) is 0 Å². The molecule has 66 heavy (non-hydrogen) atoms. The molecule has 6 nitrogen and oxygen atoms in total. The van der Waals surface area contributed by atoms with Crippen LogP contribution in [0.1, 0.15) is 335 Å². The van der Waals surface area contributed by atoms with Gasteiger partial charge in [-0.25, -0.2) is 10.1 Å². The third kappa shape index (κ3) is 43.8. The standard InChI is InChI=1S/C60H120O6/c1-4-7-10-13-16-19-22-25-28-31-34-37-40-43-46-49-52-62-56-58-60(64-54-51-48-45-42-39-36-33-30-27-24-21-18-15-12-9-6-3)57(55-59(65-58)66-61)63-53-50-47-44-41-38-35-32-29-26-23-20-17-14-11-8-5-2/h57-61H,4-56H2,1-3H3/t57-,58-,59-,60-/m1/s1. The summed E-state index contributed by atoms with van der Waals surface area (Å²) in [6, 6.07) is 0. The highest BCUT2D eigenvalue weighted by atomic mass is 17.1. The fourth-order valence-electron chi connectivity index (χ4n) is 10.2. The van der Waals surface area contributed by atoms with Crippen LogP contribution in [0.3, 0.4) is 0 Å². The molecule has 1 heterocycles. The van der Waals surface area contributed by atoms with Crippen molar-refractivity contribution in [1.29, 1.82) is 0 Å². The second-order valence-corrected chi connectivity index (χ2v) is 21.2. The molecule has 1 fully saturated rings. The molecule has 396 valence electrons. The SMILES string of the molecule is CCCCCCCCCCCCCCCCCCOC[C@H]1O[C@H](OO)C[C@@H](OCCCCCCCCCCCCCCCCCC)[C@H]1OCCCCCCCCCCCCCCCCCC. The fourth-order valence-corrected chi connectivity index (χ4v) is 10.2. The van der Waals surface area contributed by atoms with Crippen molar-refractivity contribution in [2.45, 2.75) is 360 Å². The Bertz CT molecular complexity index is 887. The van der Waals surface area contributed by atoms with E-state index in [0.717, 1.165) is 25.9 Å². The lowest BCUT2D eigenvalue weighted by Gasteiger charge is -2.40. The van der Waals surface area contributed by atoms with Crippen LogP contribution in [0.4, 0.5) is 0 Å². The summed E-state index contributed by atoms with van der Waals surface area (Å²) in [4.78, 5) is 4.80. The first-order chi connectivity index (χ1) is 32.8. The summed E-state index contributed by atoms with van der Waals surface area (Å²) in [5.74, 6) is 0. The summed E-state index contributed by atoms with van der Waals surface area (Å²) in [6.07, 6.45) is 64.6. The van der Waals surface area contributed by atoms with Crippen molar-refractivity contribution in [2.75, 3.05) is 26.4 Å². The molecular formula is C60H120O6. The van der Waals surface area contributed by atoms with E-state index in [1.807, 2.05) is 0 Å². The highest BCUT2D eigenvalue weighted by Gasteiger charge is 2.41. The molecule has 0 aliphatic carbocycles. The zero-order valence-corrected chi connectivity index (χ0v) is 45.3. The van der Waals surface area contributed by atoms with Gasteiger partial charge >= 0.3 is 0 Å². The molecule has 0 aromatic carbocycles. The molecule has 0 aromatic heterocycles. The summed E-state index contributed by atoms with van der Waals surface area (Å²) in [6.45, 7) is 9.51. The van der Waals surface area contributed by atoms with Crippen LogP contribution in [0, 0.1) is 0 Å². The monoisotopic (exact) mass is 937 g/mol. The van der Waals surface area contributed by atoms with Crippen molar-refractivity contribution >= 4 is 0 Å². The Morgan fingerprint density at radius 2 is 0.591 bits per heavy atom. The molecule has 6 heteroatoms. The first-order valence-electron chi connectivity index (χ1n) is 30.5. The molecule has 1 rings (SSSR count). The molecule has 0 radical (unpaired) electrons. The molecule has 0 amide bonds. The molecule has 0 unspecified atom stereocenters. The van der Waals surface area contributed by atoms with Gasteiger partial charge in [-0.2, -0.15) is 0 Å². The number of unbranched alkanes of at least 4 members (excludes halogenated alkanes) is 45. The number of rotatable bonds is 56. The lowest BCUT2D eigenvalue weighted by Crippen LogP contribution is -2.53. The van der Waals surface area contributed by atoms with E-state index < -0.39 is 6.29 Å². The van der Waals surface area contributed by atoms with E-state index in [1.54, 1.807) is 0 Å². The van der Waals surface area contributed by atoms with Crippen molar-refractivity contribution in [1.82, 2.24) is 0 Å². The van der Waals surface area contributed by atoms with Crippen LogP contribution in [-0.2, 0) is 23.8 Å². The van der Waals surface area contributed by atoms with Crippen LogP contribution >= 0.6 is 0 Å². The molecule has 1 N–H and O–H groups in total. The number of hydrogen-bond donors (Lipinski definition) is 1. The Morgan fingerprint density at radius 3 is 0.879 bits per heavy atom. The van der Waals surface area contributed by atoms with Gasteiger partial charge in [-0.1, -0.05) is 310 Å². The molecule has 1 aliphatic rings. The largest absolute Gasteiger partial charge is 0.379 e.